The second-order valence-corrected chi connectivity index (χ2v) is 5.14. The highest BCUT2D eigenvalue weighted by molar-refractivity contribution is 5.77. The van der Waals surface area contributed by atoms with E-state index in [0.29, 0.717) is 0 Å². The molecule has 4 nitrogen and oxygen atoms in total. The van der Waals surface area contributed by atoms with Crippen molar-refractivity contribution >= 4 is 5.91 Å². The number of hydrogen-bond donors (Lipinski definition) is 2. The Morgan fingerprint density at radius 1 is 1.50 bits per heavy atom. The molecule has 1 rings (SSSR count). The van der Waals surface area contributed by atoms with Gasteiger partial charge in [-0.3, -0.25) is 4.79 Å². The van der Waals surface area contributed by atoms with Crippen LogP contribution in [-0.2, 0) is 9.53 Å². The summed E-state index contributed by atoms with van der Waals surface area (Å²) in [6.45, 7) is 5.96. The van der Waals surface area contributed by atoms with Gasteiger partial charge in [-0.15, -0.1) is 0 Å². The molecule has 0 fully saturated rings. The van der Waals surface area contributed by atoms with E-state index in [1.165, 1.54) is 0 Å². The Bertz CT molecular complexity index is 268. The highest BCUT2D eigenvalue weighted by Crippen LogP contribution is 2.16. The van der Waals surface area contributed by atoms with Crippen LogP contribution in [0.3, 0.4) is 0 Å². The molecule has 92 valence electrons. The fourth-order valence-electron chi connectivity index (χ4n) is 1.55. The summed E-state index contributed by atoms with van der Waals surface area (Å²) >= 11 is 0. The minimum atomic E-state index is -0.295. The van der Waals surface area contributed by atoms with Crippen LogP contribution in [0, 0.1) is 5.92 Å². The van der Waals surface area contributed by atoms with E-state index < -0.39 is 0 Å². The van der Waals surface area contributed by atoms with Crippen molar-refractivity contribution in [2.75, 3.05) is 13.2 Å². The molecular formula is C12H21NO3. The summed E-state index contributed by atoms with van der Waals surface area (Å²) in [4.78, 5) is 11.5. The van der Waals surface area contributed by atoms with Gasteiger partial charge in [0.15, 0.2) is 0 Å². The van der Waals surface area contributed by atoms with E-state index in [1.54, 1.807) is 0 Å². The lowest BCUT2D eigenvalue weighted by atomic mass is 10.1. The predicted octanol–water partition coefficient (Wildman–Crippen LogP) is 0.855. The molecule has 0 saturated carbocycles. The second-order valence-electron chi connectivity index (χ2n) is 5.14. The van der Waals surface area contributed by atoms with Gasteiger partial charge in [0, 0.05) is 18.6 Å². The number of aliphatic hydroxyl groups is 1. The Labute approximate surface area is 96.7 Å². The van der Waals surface area contributed by atoms with Gasteiger partial charge in [-0.1, -0.05) is 12.2 Å². The molecule has 0 aromatic heterocycles. The van der Waals surface area contributed by atoms with E-state index in [1.807, 2.05) is 32.9 Å². The van der Waals surface area contributed by atoms with E-state index in [-0.39, 0.29) is 36.7 Å². The average molecular weight is 227 g/mol. The Kier molecular flexibility index (Phi) is 4.50. The van der Waals surface area contributed by atoms with Gasteiger partial charge in [-0.2, -0.15) is 0 Å². The van der Waals surface area contributed by atoms with Crippen LogP contribution in [0.1, 0.15) is 27.2 Å². The first-order valence-corrected chi connectivity index (χ1v) is 5.63. The maximum Gasteiger partial charge on any atom is 0.246 e. The summed E-state index contributed by atoms with van der Waals surface area (Å²) in [5.41, 5.74) is -0.295. The maximum absolute atomic E-state index is 11.5. The lowest BCUT2D eigenvalue weighted by molar-refractivity contribution is -0.131. The second kappa shape index (κ2) is 5.46. The van der Waals surface area contributed by atoms with Crippen LogP contribution in [0.2, 0.25) is 0 Å². The summed E-state index contributed by atoms with van der Waals surface area (Å²) in [7, 11) is 0. The highest BCUT2D eigenvalue weighted by Gasteiger charge is 2.20. The normalized spacial score (nSPS) is 24.8. The summed E-state index contributed by atoms with van der Waals surface area (Å²) in [5.74, 6) is 0.0667. The number of rotatable bonds is 4. The van der Waals surface area contributed by atoms with Crippen molar-refractivity contribution in [1.82, 2.24) is 5.32 Å². The number of nitrogens with one attached hydrogen (secondary N) is 1. The van der Waals surface area contributed by atoms with Crippen molar-refractivity contribution in [3.05, 3.63) is 12.2 Å². The topological polar surface area (TPSA) is 58.6 Å². The van der Waals surface area contributed by atoms with E-state index in [0.717, 1.165) is 6.42 Å². The summed E-state index contributed by atoms with van der Waals surface area (Å²) in [5, 5.41) is 11.8. The first kappa shape index (κ1) is 13.2. The third-order valence-corrected chi connectivity index (χ3v) is 2.39. The lowest BCUT2D eigenvalue weighted by Crippen LogP contribution is -2.37. The molecule has 1 aliphatic carbocycles. The number of carbonyl (C=O) groups is 1. The molecule has 2 N–H and O–H groups in total. The van der Waals surface area contributed by atoms with Gasteiger partial charge in [-0.25, -0.2) is 0 Å². The maximum atomic E-state index is 11.5. The molecule has 16 heavy (non-hydrogen) atoms. The third kappa shape index (κ3) is 4.77. The molecule has 0 bridgehead atoms. The fourth-order valence-corrected chi connectivity index (χ4v) is 1.55. The number of hydrogen-bond acceptors (Lipinski definition) is 3. The molecule has 0 saturated heterocycles. The quantitative estimate of drug-likeness (QED) is 0.700. The van der Waals surface area contributed by atoms with Crippen LogP contribution in [0.5, 0.6) is 0 Å². The number of amides is 1. The largest absolute Gasteiger partial charge is 0.396 e. The summed E-state index contributed by atoms with van der Waals surface area (Å²) < 4.78 is 5.37. The van der Waals surface area contributed by atoms with E-state index >= 15 is 0 Å². The molecule has 0 aromatic rings. The van der Waals surface area contributed by atoms with Gasteiger partial charge in [0.2, 0.25) is 5.91 Å². The number of aliphatic hydroxyl groups excluding tert-OH is 1. The first-order valence-electron chi connectivity index (χ1n) is 5.63. The molecule has 0 spiro atoms. The summed E-state index contributed by atoms with van der Waals surface area (Å²) in [6, 6.07) is 0.0354. The van der Waals surface area contributed by atoms with Crippen molar-refractivity contribution in [2.24, 2.45) is 5.92 Å². The predicted molar refractivity (Wildman–Crippen MR) is 62.0 cm³/mol. The Hall–Kier alpha value is -0.870. The van der Waals surface area contributed by atoms with Crippen LogP contribution < -0.4 is 5.32 Å². The number of ether oxygens (including phenoxy) is 1. The molecule has 2 atom stereocenters. The monoisotopic (exact) mass is 227 g/mol. The van der Waals surface area contributed by atoms with Crippen molar-refractivity contribution in [3.63, 3.8) is 0 Å². The highest BCUT2D eigenvalue weighted by atomic mass is 16.5. The average Bonchev–Trinajstić information content (AvgIpc) is 2.61. The van der Waals surface area contributed by atoms with Crippen LogP contribution in [0.25, 0.3) is 0 Å². The molecule has 0 radical (unpaired) electrons. The minimum Gasteiger partial charge on any atom is -0.396 e. The Morgan fingerprint density at radius 3 is 2.69 bits per heavy atom. The van der Waals surface area contributed by atoms with Crippen LogP contribution in [-0.4, -0.2) is 35.9 Å². The van der Waals surface area contributed by atoms with Gasteiger partial charge >= 0.3 is 0 Å². The van der Waals surface area contributed by atoms with Crippen LogP contribution >= 0.6 is 0 Å². The molecule has 0 unspecified atom stereocenters. The summed E-state index contributed by atoms with van der Waals surface area (Å²) in [6.07, 6.45) is 4.64. The molecular weight excluding hydrogens is 206 g/mol. The van der Waals surface area contributed by atoms with Gasteiger partial charge in [-0.05, 0) is 27.2 Å². The van der Waals surface area contributed by atoms with Crippen LogP contribution in [0.15, 0.2) is 12.2 Å². The van der Waals surface area contributed by atoms with Crippen molar-refractivity contribution in [1.29, 1.82) is 0 Å². The standard InChI is InChI=1S/C12H21NO3/c1-12(2,3)16-8-11(15)13-10-5-4-9(6-10)7-14/h4-5,9-10,14H,6-8H2,1-3H3,(H,13,15)/t9-,10+/m0/s1. The van der Waals surface area contributed by atoms with Crippen LogP contribution in [0.4, 0.5) is 0 Å². The van der Waals surface area contributed by atoms with Gasteiger partial charge in [0.05, 0.1) is 5.60 Å². The van der Waals surface area contributed by atoms with Gasteiger partial charge < -0.3 is 15.2 Å². The van der Waals surface area contributed by atoms with E-state index in [9.17, 15) is 4.79 Å². The Balaban J connectivity index is 2.23. The molecule has 1 amide bonds. The van der Waals surface area contributed by atoms with Gasteiger partial charge in [0.25, 0.3) is 0 Å². The molecule has 0 heterocycles. The molecule has 0 aromatic carbocycles. The minimum absolute atomic E-state index is 0.0354. The molecule has 0 aliphatic heterocycles. The van der Waals surface area contributed by atoms with E-state index in [2.05, 4.69) is 5.32 Å². The smallest absolute Gasteiger partial charge is 0.246 e. The van der Waals surface area contributed by atoms with Gasteiger partial charge in [0.1, 0.15) is 6.61 Å². The third-order valence-electron chi connectivity index (χ3n) is 2.39. The fraction of sp³-hybridized carbons (Fsp3) is 0.750. The molecule has 1 aliphatic rings. The molecule has 4 heteroatoms. The zero-order valence-corrected chi connectivity index (χ0v) is 10.2. The zero-order valence-electron chi connectivity index (χ0n) is 10.2. The first-order chi connectivity index (χ1) is 7.40. The lowest BCUT2D eigenvalue weighted by Gasteiger charge is -2.20. The van der Waals surface area contributed by atoms with E-state index in [4.69, 9.17) is 9.84 Å². The van der Waals surface area contributed by atoms with Crippen molar-refractivity contribution in [3.8, 4) is 0 Å². The SMILES string of the molecule is CC(C)(C)OCC(=O)N[C@@H]1C=C[C@H](CO)C1. The Morgan fingerprint density at radius 2 is 2.19 bits per heavy atom. The zero-order chi connectivity index (χ0) is 12.2. The van der Waals surface area contributed by atoms with Crippen molar-refractivity contribution in [2.45, 2.75) is 38.8 Å². The van der Waals surface area contributed by atoms with Crippen molar-refractivity contribution < 1.29 is 14.6 Å². The number of carbonyl (C=O) groups excluding carboxylic acids is 1.